The first-order valence-corrected chi connectivity index (χ1v) is 25.9. The molecule has 0 radical (unpaired) electrons. The summed E-state index contributed by atoms with van der Waals surface area (Å²) in [5, 5.41) is 0. The number of rotatable bonds is 45. The zero-order chi connectivity index (χ0) is 44.6. The maximum atomic E-state index is 12.6. The van der Waals surface area contributed by atoms with E-state index in [9.17, 15) is 19.0 Å². The molecule has 1 unspecified atom stereocenters. The third-order valence-electron chi connectivity index (χ3n) is 10.1. The Balaban J connectivity index is 4.17. The molecule has 10 heteroatoms. The smallest absolute Gasteiger partial charge is 0.462 e. The van der Waals surface area contributed by atoms with E-state index in [0.29, 0.717) is 12.8 Å². The molecule has 0 fully saturated rings. The van der Waals surface area contributed by atoms with Gasteiger partial charge in [-0.05, 0) is 51.4 Å². The van der Waals surface area contributed by atoms with Gasteiger partial charge in [-0.1, -0.05) is 215 Å². The Hall–Kier alpha value is -2.55. The average Bonchev–Trinajstić information content (AvgIpc) is 3.25. The molecule has 0 aromatic rings. The minimum Gasteiger partial charge on any atom is -0.462 e. The first kappa shape index (κ1) is 58.5. The number of ether oxygens (including phenoxy) is 2. The second kappa shape index (κ2) is 46.9. The fraction of sp³-hybridized carbons (Fsp3) is 0.725. The molecule has 0 aliphatic carbocycles. The Bertz CT molecular complexity index is 1230. The van der Waals surface area contributed by atoms with Gasteiger partial charge in [-0.15, -0.1) is 0 Å². The molecule has 0 spiro atoms. The van der Waals surface area contributed by atoms with E-state index in [0.717, 1.165) is 57.8 Å². The fourth-order valence-corrected chi connectivity index (χ4v) is 7.31. The van der Waals surface area contributed by atoms with E-state index in [1.54, 1.807) is 0 Å². The molecule has 352 valence electrons. The highest BCUT2D eigenvalue weighted by Gasteiger charge is 2.26. The summed E-state index contributed by atoms with van der Waals surface area (Å²) in [6, 6.07) is 0. The summed E-state index contributed by atoms with van der Waals surface area (Å²) in [6.45, 7) is 3.55. The summed E-state index contributed by atoms with van der Waals surface area (Å²) < 4.78 is 32.8. The van der Waals surface area contributed by atoms with Crippen LogP contribution in [0.3, 0.4) is 0 Å². The lowest BCUT2D eigenvalue weighted by molar-refractivity contribution is -0.161. The van der Waals surface area contributed by atoms with Crippen LogP contribution in [0.4, 0.5) is 0 Å². The van der Waals surface area contributed by atoms with Crippen molar-refractivity contribution >= 4 is 19.8 Å². The SMILES string of the molecule is CC/C=C\C/C=C\C/C=C\C/C=C\C/C=C\C/C=C\CCC(=O)OC[C@H](COP(=O)(O)OCCN)OC(=O)CCCCCCCCCCCCCCCCCCCCCCC. The van der Waals surface area contributed by atoms with Crippen molar-refractivity contribution in [3.8, 4) is 0 Å². The number of hydrogen-bond acceptors (Lipinski definition) is 8. The lowest BCUT2D eigenvalue weighted by atomic mass is 10.0. The van der Waals surface area contributed by atoms with E-state index in [1.165, 1.54) is 109 Å². The van der Waals surface area contributed by atoms with Crippen molar-refractivity contribution in [3.05, 3.63) is 72.9 Å². The summed E-state index contributed by atoms with van der Waals surface area (Å²) in [6.07, 6.45) is 58.1. The largest absolute Gasteiger partial charge is 0.472 e. The monoisotopic (exact) mass is 876 g/mol. The number of esters is 2. The predicted molar refractivity (Wildman–Crippen MR) is 256 cm³/mol. The molecular weight excluding hydrogens is 786 g/mol. The van der Waals surface area contributed by atoms with Crippen LogP contribution in [0.25, 0.3) is 0 Å². The van der Waals surface area contributed by atoms with Crippen molar-refractivity contribution in [2.75, 3.05) is 26.4 Å². The number of phosphoric acid groups is 1. The number of phosphoric ester groups is 1. The highest BCUT2D eigenvalue weighted by atomic mass is 31.2. The lowest BCUT2D eigenvalue weighted by Gasteiger charge is -2.19. The van der Waals surface area contributed by atoms with Gasteiger partial charge >= 0.3 is 19.8 Å². The van der Waals surface area contributed by atoms with Crippen molar-refractivity contribution in [2.24, 2.45) is 5.73 Å². The van der Waals surface area contributed by atoms with E-state index >= 15 is 0 Å². The first-order chi connectivity index (χ1) is 29.8. The van der Waals surface area contributed by atoms with Crippen molar-refractivity contribution < 1.29 is 37.6 Å². The number of hydrogen-bond donors (Lipinski definition) is 2. The van der Waals surface area contributed by atoms with Crippen LogP contribution >= 0.6 is 7.82 Å². The van der Waals surface area contributed by atoms with Gasteiger partial charge in [-0.2, -0.15) is 0 Å². The fourth-order valence-electron chi connectivity index (χ4n) is 6.54. The Kier molecular flexibility index (Phi) is 45.0. The molecule has 9 nitrogen and oxygen atoms in total. The van der Waals surface area contributed by atoms with Crippen molar-refractivity contribution in [1.82, 2.24) is 0 Å². The molecule has 0 aromatic carbocycles. The van der Waals surface area contributed by atoms with Gasteiger partial charge in [0.05, 0.1) is 13.2 Å². The first-order valence-electron chi connectivity index (χ1n) is 24.4. The standard InChI is InChI=1S/C51H90NO8P/c1-3-5-7-9-11-13-15-17-19-21-23-24-26-28-30-32-34-36-38-40-42-44-51(54)60-49(48-59-61(55,56)58-46-45-52)47-57-50(53)43-41-39-37-35-33-31-29-27-25-22-20-18-16-14-12-10-8-6-4-2/h6,8,12,14,18,20,25,27,31,33,37,39,49H,3-5,7,9-11,13,15-17,19,21-24,26,28-30,32,34-36,38,40-48,52H2,1-2H3,(H,55,56)/b8-6-,14-12-,20-18-,27-25-,33-31-,39-37-/t49-/m1/s1. The second-order valence-corrected chi connectivity index (χ2v) is 17.4. The highest BCUT2D eigenvalue weighted by molar-refractivity contribution is 7.47. The summed E-state index contributed by atoms with van der Waals surface area (Å²) in [4.78, 5) is 35.0. The maximum absolute atomic E-state index is 12.6. The Morgan fingerprint density at radius 1 is 0.508 bits per heavy atom. The van der Waals surface area contributed by atoms with Gasteiger partial charge < -0.3 is 20.1 Å². The van der Waals surface area contributed by atoms with Crippen LogP contribution in [-0.2, 0) is 32.7 Å². The Morgan fingerprint density at radius 2 is 0.902 bits per heavy atom. The van der Waals surface area contributed by atoms with Crippen molar-refractivity contribution in [3.63, 3.8) is 0 Å². The zero-order valence-corrected chi connectivity index (χ0v) is 39.8. The quantitative estimate of drug-likeness (QED) is 0.0265. The maximum Gasteiger partial charge on any atom is 0.472 e. The number of unbranched alkanes of at least 4 members (excludes halogenated alkanes) is 20. The second-order valence-electron chi connectivity index (χ2n) is 16.0. The summed E-state index contributed by atoms with van der Waals surface area (Å²) >= 11 is 0. The van der Waals surface area contributed by atoms with Crippen LogP contribution in [-0.4, -0.2) is 49.3 Å². The third-order valence-corrected chi connectivity index (χ3v) is 11.1. The molecule has 2 atom stereocenters. The Morgan fingerprint density at radius 3 is 1.31 bits per heavy atom. The number of nitrogens with two attached hydrogens (primary N) is 1. The minimum atomic E-state index is -4.40. The van der Waals surface area contributed by atoms with E-state index in [1.807, 2.05) is 12.2 Å². The number of allylic oxidation sites excluding steroid dienone is 12. The van der Waals surface area contributed by atoms with Gasteiger partial charge in [0.25, 0.3) is 0 Å². The minimum absolute atomic E-state index is 0.0419. The molecule has 0 rings (SSSR count). The van der Waals surface area contributed by atoms with Crippen molar-refractivity contribution in [1.29, 1.82) is 0 Å². The van der Waals surface area contributed by atoms with E-state index in [2.05, 4.69) is 74.6 Å². The molecule has 0 aliphatic heterocycles. The molecule has 0 saturated heterocycles. The summed E-state index contributed by atoms with van der Waals surface area (Å²) in [5.41, 5.74) is 5.36. The molecule has 0 heterocycles. The topological polar surface area (TPSA) is 134 Å². The third kappa shape index (κ3) is 46.8. The van der Waals surface area contributed by atoms with Gasteiger partial charge in [0.1, 0.15) is 6.61 Å². The molecular formula is C51H90NO8P. The van der Waals surface area contributed by atoms with Crippen LogP contribution < -0.4 is 5.73 Å². The van der Waals surface area contributed by atoms with Gasteiger partial charge in [0.2, 0.25) is 0 Å². The van der Waals surface area contributed by atoms with Crippen LogP contribution in [0, 0.1) is 0 Å². The van der Waals surface area contributed by atoms with Gasteiger partial charge in [-0.3, -0.25) is 18.6 Å². The molecule has 0 aliphatic rings. The molecule has 0 aromatic heterocycles. The highest BCUT2D eigenvalue weighted by Crippen LogP contribution is 2.43. The van der Waals surface area contributed by atoms with Crippen LogP contribution in [0.15, 0.2) is 72.9 Å². The summed E-state index contributed by atoms with van der Waals surface area (Å²) in [7, 11) is -4.40. The van der Waals surface area contributed by atoms with E-state index < -0.39 is 32.5 Å². The normalized spacial score (nSPS) is 13.8. The molecule has 61 heavy (non-hydrogen) atoms. The molecule has 0 saturated carbocycles. The molecule has 0 amide bonds. The Labute approximate surface area is 373 Å². The van der Waals surface area contributed by atoms with Gasteiger partial charge in [0.15, 0.2) is 6.10 Å². The van der Waals surface area contributed by atoms with E-state index in [-0.39, 0.29) is 32.6 Å². The van der Waals surface area contributed by atoms with Crippen molar-refractivity contribution in [2.45, 2.75) is 213 Å². The summed E-state index contributed by atoms with van der Waals surface area (Å²) in [5.74, 6) is -0.924. The van der Waals surface area contributed by atoms with Gasteiger partial charge in [0, 0.05) is 19.4 Å². The molecule has 3 N–H and O–H groups in total. The van der Waals surface area contributed by atoms with Crippen LogP contribution in [0.1, 0.15) is 206 Å². The number of carbonyl (C=O) groups excluding carboxylic acids is 2. The molecule has 0 bridgehead atoms. The predicted octanol–water partition coefficient (Wildman–Crippen LogP) is 14.6. The van der Waals surface area contributed by atoms with Gasteiger partial charge in [-0.25, -0.2) is 4.57 Å². The lowest BCUT2D eigenvalue weighted by Crippen LogP contribution is -2.29. The average molecular weight is 876 g/mol. The van der Waals surface area contributed by atoms with Crippen LogP contribution in [0.2, 0.25) is 0 Å². The number of carbonyl (C=O) groups is 2. The van der Waals surface area contributed by atoms with E-state index in [4.69, 9.17) is 24.3 Å². The van der Waals surface area contributed by atoms with Crippen LogP contribution in [0.5, 0.6) is 0 Å². The zero-order valence-electron chi connectivity index (χ0n) is 38.9.